The minimum absolute atomic E-state index is 0.189. The maximum atomic E-state index is 12.1. The van der Waals surface area contributed by atoms with Crippen molar-refractivity contribution in [3.8, 4) is 11.5 Å². The molecule has 0 aliphatic carbocycles. The van der Waals surface area contributed by atoms with Gasteiger partial charge >= 0.3 is 5.97 Å². The molecule has 0 atom stereocenters. The summed E-state index contributed by atoms with van der Waals surface area (Å²) in [6.45, 7) is 0.189. The van der Waals surface area contributed by atoms with Crippen molar-refractivity contribution in [3.63, 3.8) is 0 Å². The Morgan fingerprint density at radius 3 is 2.58 bits per heavy atom. The number of carbonyl (C=O) groups is 1. The molecule has 0 spiro atoms. The number of cyclic esters (lactones) is 1. The van der Waals surface area contributed by atoms with Gasteiger partial charge < -0.3 is 14.2 Å². The number of carbonyl (C=O) groups excluding carboxylic acids is 1. The molecule has 0 aromatic heterocycles. The molecule has 0 radical (unpaired) electrons. The van der Waals surface area contributed by atoms with Crippen LogP contribution in [0.5, 0.6) is 11.5 Å². The second-order valence-corrected chi connectivity index (χ2v) is 6.75. The lowest BCUT2D eigenvalue weighted by Gasteiger charge is -2.02. The third-order valence-corrected chi connectivity index (χ3v) is 4.89. The first-order valence-electron chi connectivity index (χ1n) is 6.98. The van der Waals surface area contributed by atoms with E-state index in [2.05, 4.69) is 36.9 Å². The number of esters is 1. The molecule has 5 nitrogen and oxygen atoms in total. The van der Waals surface area contributed by atoms with E-state index in [1.165, 1.54) is 0 Å². The molecule has 120 valence electrons. The van der Waals surface area contributed by atoms with E-state index < -0.39 is 5.97 Å². The van der Waals surface area contributed by atoms with Gasteiger partial charge in [0, 0.05) is 8.95 Å². The molecule has 2 aliphatic heterocycles. The molecule has 0 fully saturated rings. The smallest absolute Gasteiger partial charge is 0.363 e. The van der Waals surface area contributed by atoms with E-state index >= 15 is 0 Å². The van der Waals surface area contributed by atoms with Crippen LogP contribution in [0.4, 0.5) is 0 Å². The first kappa shape index (κ1) is 15.4. The maximum Gasteiger partial charge on any atom is 0.363 e. The molecular formula is C17H9Br2NO4. The molecule has 4 rings (SSSR count). The zero-order valence-corrected chi connectivity index (χ0v) is 15.3. The molecular weight excluding hydrogens is 442 g/mol. The number of halogens is 2. The summed E-state index contributed by atoms with van der Waals surface area (Å²) in [6, 6.07) is 11.0. The summed E-state index contributed by atoms with van der Waals surface area (Å²) in [7, 11) is 0. The van der Waals surface area contributed by atoms with Crippen molar-refractivity contribution in [2.24, 2.45) is 4.99 Å². The second-order valence-electron chi connectivity index (χ2n) is 5.04. The van der Waals surface area contributed by atoms with Crippen LogP contribution in [0.1, 0.15) is 11.1 Å². The van der Waals surface area contributed by atoms with Gasteiger partial charge in [-0.15, -0.1) is 0 Å². The van der Waals surface area contributed by atoms with E-state index in [4.69, 9.17) is 14.2 Å². The fraction of sp³-hybridized carbons (Fsp3) is 0.0588. The van der Waals surface area contributed by atoms with E-state index in [1.807, 2.05) is 24.3 Å². The minimum atomic E-state index is -0.495. The number of fused-ring (bicyclic) bond motifs is 1. The zero-order valence-electron chi connectivity index (χ0n) is 12.1. The van der Waals surface area contributed by atoms with Gasteiger partial charge in [0.05, 0.1) is 5.56 Å². The summed E-state index contributed by atoms with van der Waals surface area (Å²) in [5.41, 5.74) is 1.70. The van der Waals surface area contributed by atoms with E-state index in [9.17, 15) is 4.79 Å². The molecule has 7 heteroatoms. The van der Waals surface area contributed by atoms with Gasteiger partial charge in [-0.25, -0.2) is 9.79 Å². The van der Waals surface area contributed by atoms with Crippen molar-refractivity contribution in [2.45, 2.75) is 0 Å². The minimum Gasteiger partial charge on any atom is -0.454 e. The van der Waals surface area contributed by atoms with Crippen LogP contribution in [0.15, 0.2) is 56.0 Å². The summed E-state index contributed by atoms with van der Waals surface area (Å²) in [6.07, 6.45) is 1.65. The monoisotopic (exact) mass is 449 g/mol. The van der Waals surface area contributed by atoms with Crippen LogP contribution in [-0.4, -0.2) is 18.7 Å². The van der Waals surface area contributed by atoms with Gasteiger partial charge in [0.15, 0.2) is 17.2 Å². The molecule has 0 N–H and O–H groups in total. The average Bonchev–Trinajstić information content (AvgIpc) is 3.15. The molecule has 0 bridgehead atoms. The van der Waals surface area contributed by atoms with Gasteiger partial charge in [-0.3, -0.25) is 0 Å². The van der Waals surface area contributed by atoms with Crippen LogP contribution in [0, 0.1) is 0 Å². The van der Waals surface area contributed by atoms with Gasteiger partial charge in [-0.2, -0.15) is 0 Å². The van der Waals surface area contributed by atoms with E-state index in [1.54, 1.807) is 18.2 Å². The number of benzene rings is 2. The van der Waals surface area contributed by atoms with Crippen molar-refractivity contribution < 1.29 is 19.0 Å². The van der Waals surface area contributed by atoms with Crippen LogP contribution in [0.25, 0.3) is 6.08 Å². The highest BCUT2D eigenvalue weighted by Crippen LogP contribution is 2.38. The summed E-state index contributed by atoms with van der Waals surface area (Å²) in [4.78, 5) is 16.4. The van der Waals surface area contributed by atoms with Crippen molar-refractivity contribution >= 4 is 49.8 Å². The lowest BCUT2D eigenvalue weighted by atomic mass is 10.1. The molecule has 0 saturated heterocycles. The lowest BCUT2D eigenvalue weighted by Crippen LogP contribution is -2.05. The molecule has 2 aliphatic rings. The SMILES string of the molecule is O=C1OC(c2ccccc2Br)=NC1=Cc1cc2c(cc1Br)OCO2. The molecule has 2 aromatic carbocycles. The van der Waals surface area contributed by atoms with Crippen molar-refractivity contribution in [1.82, 2.24) is 0 Å². The number of hydrogen-bond acceptors (Lipinski definition) is 5. The summed E-state index contributed by atoms with van der Waals surface area (Å²) >= 11 is 6.89. The van der Waals surface area contributed by atoms with Crippen LogP contribution < -0.4 is 9.47 Å². The van der Waals surface area contributed by atoms with Crippen molar-refractivity contribution in [3.05, 3.63) is 62.2 Å². The normalized spacial score (nSPS) is 17.2. The topological polar surface area (TPSA) is 57.1 Å². The van der Waals surface area contributed by atoms with Crippen LogP contribution in [0.2, 0.25) is 0 Å². The fourth-order valence-electron chi connectivity index (χ4n) is 2.35. The average molecular weight is 451 g/mol. The first-order chi connectivity index (χ1) is 11.6. The van der Waals surface area contributed by atoms with Crippen LogP contribution >= 0.6 is 31.9 Å². The Labute approximate surface area is 154 Å². The number of rotatable bonds is 2. The number of nitrogens with zero attached hydrogens (tertiary/aromatic N) is 1. The second kappa shape index (κ2) is 6.07. The van der Waals surface area contributed by atoms with Crippen LogP contribution in [0.3, 0.4) is 0 Å². The number of aliphatic imine (C=N–C) groups is 1. The van der Waals surface area contributed by atoms with Gasteiger partial charge in [0.2, 0.25) is 12.7 Å². The predicted molar refractivity (Wildman–Crippen MR) is 95.0 cm³/mol. The third-order valence-electron chi connectivity index (χ3n) is 3.51. The van der Waals surface area contributed by atoms with Gasteiger partial charge in [-0.05, 0) is 51.8 Å². The predicted octanol–water partition coefficient (Wildman–Crippen LogP) is 4.28. The summed E-state index contributed by atoms with van der Waals surface area (Å²) in [5, 5.41) is 0. The molecule has 2 aromatic rings. The quantitative estimate of drug-likeness (QED) is 0.506. The Morgan fingerprint density at radius 2 is 1.79 bits per heavy atom. The zero-order chi connectivity index (χ0) is 16.7. The lowest BCUT2D eigenvalue weighted by molar-refractivity contribution is -0.129. The molecule has 0 saturated carbocycles. The van der Waals surface area contributed by atoms with Gasteiger partial charge in [0.1, 0.15) is 0 Å². The third kappa shape index (κ3) is 2.74. The summed E-state index contributed by atoms with van der Waals surface area (Å²) in [5.74, 6) is 1.07. The highest BCUT2D eigenvalue weighted by Gasteiger charge is 2.26. The van der Waals surface area contributed by atoms with Crippen molar-refractivity contribution in [1.29, 1.82) is 0 Å². The van der Waals surface area contributed by atoms with E-state index in [-0.39, 0.29) is 18.4 Å². The Bertz CT molecular complexity index is 921. The molecule has 2 heterocycles. The van der Waals surface area contributed by atoms with E-state index in [0.717, 1.165) is 20.1 Å². The van der Waals surface area contributed by atoms with Gasteiger partial charge in [-0.1, -0.05) is 28.1 Å². The Kier molecular flexibility index (Phi) is 3.90. The Balaban J connectivity index is 1.73. The molecule has 0 amide bonds. The largest absolute Gasteiger partial charge is 0.454 e. The standard InChI is InChI=1S/C17H9Br2NO4/c18-11-4-2-1-3-10(11)16-20-13(17(21)24-16)5-9-6-14-15(7-12(9)19)23-8-22-14/h1-7H,8H2. The fourth-order valence-corrected chi connectivity index (χ4v) is 3.24. The summed E-state index contributed by atoms with van der Waals surface area (Å²) < 4.78 is 17.5. The van der Waals surface area contributed by atoms with Crippen molar-refractivity contribution in [2.75, 3.05) is 6.79 Å². The maximum absolute atomic E-state index is 12.1. The van der Waals surface area contributed by atoms with Gasteiger partial charge in [0.25, 0.3) is 0 Å². The molecule has 0 unspecified atom stereocenters. The number of ether oxygens (including phenoxy) is 3. The Morgan fingerprint density at radius 1 is 1.04 bits per heavy atom. The highest BCUT2D eigenvalue weighted by molar-refractivity contribution is 9.10. The van der Waals surface area contributed by atoms with Crippen LogP contribution in [-0.2, 0) is 9.53 Å². The molecule has 24 heavy (non-hydrogen) atoms. The van der Waals surface area contributed by atoms with E-state index in [0.29, 0.717) is 11.5 Å². The Hall–Kier alpha value is -2.12. The first-order valence-corrected chi connectivity index (χ1v) is 8.57. The number of hydrogen-bond donors (Lipinski definition) is 0. The highest BCUT2D eigenvalue weighted by atomic mass is 79.9.